The number of nitrogens with zero attached hydrogens (tertiary/aromatic N) is 3. The number of piperazine rings is 1. The number of aliphatic hydroxyl groups is 1. The fourth-order valence-electron chi connectivity index (χ4n) is 5.57. The molecule has 1 saturated heterocycles. The van der Waals surface area contributed by atoms with E-state index in [0.717, 1.165) is 42.7 Å². The first kappa shape index (κ1) is 22.3. The summed E-state index contributed by atoms with van der Waals surface area (Å²) in [6.07, 6.45) is 0.0818. The van der Waals surface area contributed by atoms with Crippen LogP contribution in [0.15, 0.2) is 23.0 Å². The predicted molar refractivity (Wildman–Crippen MR) is 127 cm³/mol. The Morgan fingerprint density at radius 3 is 2.71 bits per heavy atom. The van der Waals surface area contributed by atoms with Crippen molar-refractivity contribution in [2.24, 2.45) is 0 Å². The summed E-state index contributed by atoms with van der Waals surface area (Å²) in [5, 5.41) is 15.4. The molecular formula is C26H27FN4O4. The van der Waals surface area contributed by atoms with Gasteiger partial charge in [-0.15, -0.1) is 0 Å². The first-order valence-corrected chi connectivity index (χ1v) is 12.0. The molecule has 3 aliphatic rings. The number of carbonyl (C=O) groups excluding carboxylic acids is 1. The lowest BCUT2D eigenvalue weighted by atomic mass is 9.86. The van der Waals surface area contributed by atoms with Crippen molar-refractivity contribution in [2.75, 3.05) is 26.2 Å². The largest absolute Gasteiger partial charge is 0.458 e. The van der Waals surface area contributed by atoms with Gasteiger partial charge in [-0.2, -0.15) is 0 Å². The quantitative estimate of drug-likeness (QED) is 0.435. The fraction of sp³-hybridized carbons (Fsp3) is 0.423. The zero-order valence-electron chi connectivity index (χ0n) is 19.8. The maximum absolute atomic E-state index is 14.6. The van der Waals surface area contributed by atoms with Crippen molar-refractivity contribution < 1.29 is 19.0 Å². The monoisotopic (exact) mass is 478 g/mol. The molecule has 0 aliphatic carbocycles. The first-order valence-electron chi connectivity index (χ1n) is 12.0. The summed E-state index contributed by atoms with van der Waals surface area (Å²) < 4.78 is 21.4. The molecule has 182 valence electrons. The number of aromatic nitrogens is 2. The molecule has 8 nitrogen and oxygen atoms in total. The van der Waals surface area contributed by atoms with Crippen LogP contribution >= 0.6 is 0 Å². The molecule has 3 aromatic rings. The minimum absolute atomic E-state index is 0.0818. The highest BCUT2D eigenvalue weighted by Crippen LogP contribution is 2.40. The van der Waals surface area contributed by atoms with Gasteiger partial charge >= 0.3 is 5.97 Å². The predicted octanol–water partition coefficient (Wildman–Crippen LogP) is 1.93. The van der Waals surface area contributed by atoms with Crippen LogP contribution in [0.5, 0.6) is 0 Å². The molecule has 1 atom stereocenters. The number of esters is 1. The Balaban J connectivity index is 1.60. The molecule has 3 aliphatic heterocycles. The molecule has 6 rings (SSSR count). The topological polar surface area (TPSA) is 96.7 Å². The molecule has 1 aromatic carbocycles. The van der Waals surface area contributed by atoms with E-state index in [4.69, 9.17) is 9.72 Å². The summed E-state index contributed by atoms with van der Waals surface area (Å²) in [5.41, 5.74) is 2.57. The van der Waals surface area contributed by atoms with E-state index >= 15 is 0 Å². The van der Waals surface area contributed by atoms with Gasteiger partial charge in [0.25, 0.3) is 5.56 Å². The number of hydrogen-bond acceptors (Lipinski definition) is 7. The molecule has 5 heterocycles. The maximum atomic E-state index is 14.6. The zero-order valence-corrected chi connectivity index (χ0v) is 19.8. The van der Waals surface area contributed by atoms with E-state index in [1.165, 1.54) is 6.07 Å². The average Bonchev–Trinajstić information content (AvgIpc) is 3.22. The number of carbonyl (C=O) groups is 1. The van der Waals surface area contributed by atoms with Gasteiger partial charge in [0.1, 0.15) is 12.4 Å². The molecule has 0 radical (unpaired) electrons. The van der Waals surface area contributed by atoms with Gasteiger partial charge in [-0.3, -0.25) is 9.69 Å². The summed E-state index contributed by atoms with van der Waals surface area (Å²) in [6.45, 7) is 7.83. The average molecular weight is 479 g/mol. The second kappa shape index (κ2) is 7.94. The van der Waals surface area contributed by atoms with Crippen LogP contribution in [0.3, 0.4) is 0 Å². The van der Waals surface area contributed by atoms with Crippen molar-refractivity contribution in [2.45, 2.75) is 45.6 Å². The third-order valence-corrected chi connectivity index (χ3v) is 7.68. The van der Waals surface area contributed by atoms with Gasteiger partial charge in [0.15, 0.2) is 5.60 Å². The van der Waals surface area contributed by atoms with Gasteiger partial charge in [-0.1, -0.05) is 6.92 Å². The smallest absolute Gasteiger partial charge is 0.343 e. The number of rotatable bonds is 3. The summed E-state index contributed by atoms with van der Waals surface area (Å²) in [4.78, 5) is 33.1. The zero-order chi connectivity index (χ0) is 24.5. The molecule has 2 aromatic heterocycles. The highest BCUT2D eigenvalue weighted by Gasteiger charge is 2.45. The van der Waals surface area contributed by atoms with Crippen LogP contribution in [-0.4, -0.2) is 51.7 Å². The number of cyclic esters (lactones) is 1. The van der Waals surface area contributed by atoms with E-state index in [-0.39, 0.29) is 30.0 Å². The lowest BCUT2D eigenvalue weighted by Gasteiger charge is -2.31. The number of nitrogens with one attached hydrogen (secondary N) is 1. The lowest BCUT2D eigenvalue weighted by molar-refractivity contribution is -0.172. The van der Waals surface area contributed by atoms with Gasteiger partial charge in [0, 0.05) is 55.3 Å². The maximum Gasteiger partial charge on any atom is 0.343 e. The Labute approximate surface area is 201 Å². The molecule has 0 saturated carbocycles. The number of pyridine rings is 2. The second-order valence-corrected chi connectivity index (χ2v) is 9.67. The van der Waals surface area contributed by atoms with Crippen molar-refractivity contribution in [1.82, 2.24) is 19.8 Å². The number of ether oxygens (including phenoxy) is 1. The highest BCUT2D eigenvalue weighted by atomic mass is 19.1. The molecule has 0 spiro atoms. The Kier molecular flexibility index (Phi) is 5.07. The molecule has 9 heteroatoms. The summed E-state index contributed by atoms with van der Waals surface area (Å²) in [5.74, 6) is -1.08. The summed E-state index contributed by atoms with van der Waals surface area (Å²) in [6, 6.07) is 4.99. The molecular weight excluding hydrogens is 451 g/mol. The molecule has 1 fully saturated rings. The van der Waals surface area contributed by atoms with Crippen molar-refractivity contribution >= 4 is 16.9 Å². The van der Waals surface area contributed by atoms with Crippen molar-refractivity contribution in [3.8, 4) is 11.4 Å². The van der Waals surface area contributed by atoms with Crippen molar-refractivity contribution in [3.63, 3.8) is 0 Å². The first-order chi connectivity index (χ1) is 16.8. The Hall–Kier alpha value is -3.14. The molecule has 0 amide bonds. The lowest BCUT2D eigenvalue weighted by Crippen LogP contribution is -2.44. The van der Waals surface area contributed by atoms with Gasteiger partial charge in [-0.05, 0) is 36.6 Å². The summed E-state index contributed by atoms with van der Waals surface area (Å²) in [7, 11) is 0. The number of benzene rings is 1. The fourth-order valence-corrected chi connectivity index (χ4v) is 5.57. The standard InChI is InChI=1S/C26H27FN4O4/c1-3-26(34)19-9-22-23-17(12-31(22)24(32)18(19)13-35-25(26)33)16(11-30-6-4-28-5-7-30)15-8-14(2)20(27)10-21(15)29-23/h8-10,28,34H,3-7,11-13H2,1-2H3/t26-/m0/s1. The van der Waals surface area contributed by atoms with Crippen molar-refractivity contribution in [1.29, 1.82) is 0 Å². The van der Waals surface area contributed by atoms with Crippen LogP contribution in [-0.2, 0) is 34.8 Å². The van der Waals surface area contributed by atoms with Crippen LogP contribution in [0.4, 0.5) is 4.39 Å². The van der Waals surface area contributed by atoms with E-state index in [1.807, 2.05) is 6.07 Å². The van der Waals surface area contributed by atoms with E-state index in [0.29, 0.717) is 41.1 Å². The third-order valence-electron chi connectivity index (χ3n) is 7.68. The molecule has 2 N–H and O–H groups in total. The van der Waals surface area contributed by atoms with Gasteiger partial charge in [-0.25, -0.2) is 14.2 Å². The van der Waals surface area contributed by atoms with E-state index in [9.17, 15) is 19.1 Å². The van der Waals surface area contributed by atoms with Gasteiger partial charge in [0.05, 0.1) is 29.0 Å². The molecule has 0 unspecified atom stereocenters. The second-order valence-electron chi connectivity index (χ2n) is 9.67. The van der Waals surface area contributed by atoms with Crippen molar-refractivity contribution in [3.05, 3.63) is 62.2 Å². The van der Waals surface area contributed by atoms with Crippen LogP contribution in [0.2, 0.25) is 0 Å². The van der Waals surface area contributed by atoms with E-state index < -0.39 is 11.6 Å². The normalized spacial score (nSPS) is 21.5. The van der Waals surface area contributed by atoms with E-state index in [1.54, 1.807) is 24.5 Å². The van der Waals surface area contributed by atoms with Gasteiger partial charge < -0.3 is 19.7 Å². The van der Waals surface area contributed by atoms with Crippen LogP contribution in [0.25, 0.3) is 22.3 Å². The third kappa shape index (κ3) is 3.26. The number of halogens is 1. The van der Waals surface area contributed by atoms with Crippen LogP contribution < -0.4 is 10.9 Å². The number of aryl methyl sites for hydroxylation is 1. The SMILES string of the molecule is CC[C@@]1(O)C(=O)OCc2c1cc1n(c2=O)Cc2c-1nc1cc(F)c(C)cc1c2CN1CCNCC1. The van der Waals surface area contributed by atoms with Crippen LogP contribution in [0, 0.1) is 12.7 Å². The Morgan fingerprint density at radius 1 is 1.20 bits per heavy atom. The minimum Gasteiger partial charge on any atom is -0.458 e. The highest BCUT2D eigenvalue weighted by molar-refractivity contribution is 5.89. The number of hydrogen-bond donors (Lipinski definition) is 2. The minimum atomic E-state index is -1.88. The summed E-state index contributed by atoms with van der Waals surface area (Å²) >= 11 is 0. The number of fused-ring (bicyclic) bond motifs is 5. The van der Waals surface area contributed by atoms with E-state index in [2.05, 4.69) is 10.2 Å². The molecule has 35 heavy (non-hydrogen) atoms. The Morgan fingerprint density at radius 2 is 1.97 bits per heavy atom. The molecule has 0 bridgehead atoms. The Bertz CT molecular complexity index is 1460. The van der Waals surface area contributed by atoms with Crippen LogP contribution in [0.1, 0.15) is 41.2 Å². The van der Waals surface area contributed by atoms with Gasteiger partial charge in [0.2, 0.25) is 0 Å².